The number of para-hydroxylation sites is 1. The summed E-state index contributed by atoms with van der Waals surface area (Å²) in [5.41, 5.74) is 4.71. The summed E-state index contributed by atoms with van der Waals surface area (Å²) in [6.45, 7) is 11.1. The molecule has 0 radical (unpaired) electrons. The number of carbonyl (C=O) groups excluding carboxylic acids is 2. The molecule has 0 fully saturated rings. The van der Waals surface area contributed by atoms with Gasteiger partial charge in [-0.1, -0.05) is 51.1 Å². The van der Waals surface area contributed by atoms with Gasteiger partial charge in [0, 0.05) is 34.8 Å². The molecule has 3 aromatic carbocycles. The largest absolute Gasteiger partial charge is 0.452 e. The fourth-order valence-corrected chi connectivity index (χ4v) is 4.54. The fraction of sp³-hybridized carbons (Fsp3) is 0.226. The Morgan fingerprint density at radius 2 is 1.75 bits per heavy atom. The third-order valence-electron chi connectivity index (χ3n) is 6.67. The standard InChI is InChI=1S/C31H29NO4/c1-6-32-18-21(23-9-7-8-10-25(23)32)17-27-28(33)24-15-16-26(19(2)29(24)35-27)36-30(34)20-11-13-22(14-12-20)31(3,4)5/h7-18H,6H2,1-5H3. The highest BCUT2D eigenvalue weighted by atomic mass is 16.5. The first-order valence-corrected chi connectivity index (χ1v) is 12.2. The van der Waals surface area contributed by atoms with Gasteiger partial charge in [0.05, 0.1) is 11.1 Å². The molecule has 0 spiro atoms. The van der Waals surface area contributed by atoms with E-state index in [2.05, 4.69) is 38.3 Å². The maximum atomic E-state index is 13.1. The Hall–Kier alpha value is -4.12. The smallest absolute Gasteiger partial charge is 0.343 e. The van der Waals surface area contributed by atoms with E-state index in [-0.39, 0.29) is 17.0 Å². The van der Waals surface area contributed by atoms with E-state index in [9.17, 15) is 9.59 Å². The minimum absolute atomic E-state index is 0.000440. The van der Waals surface area contributed by atoms with E-state index in [1.54, 1.807) is 37.3 Å². The zero-order valence-corrected chi connectivity index (χ0v) is 21.2. The number of ketones is 1. The number of Topliss-reactive ketones (excluding diaryl/α,β-unsaturated/α-hetero) is 1. The molecule has 5 rings (SSSR count). The number of aryl methyl sites for hydroxylation is 1. The van der Waals surface area contributed by atoms with Crippen LogP contribution in [0.4, 0.5) is 0 Å². The van der Waals surface area contributed by atoms with Gasteiger partial charge in [-0.2, -0.15) is 0 Å². The van der Waals surface area contributed by atoms with E-state index in [0.717, 1.165) is 28.6 Å². The number of esters is 1. The van der Waals surface area contributed by atoms with Gasteiger partial charge in [-0.05, 0) is 61.2 Å². The SMILES string of the molecule is CCn1cc(C=C2Oc3c(ccc(OC(=O)c4ccc(C(C)(C)C)cc4)c3C)C2=O)c2ccccc21. The Labute approximate surface area is 211 Å². The summed E-state index contributed by atoms with van der Waals surface area (Å²) < 4.78 is 13.9. The van der Waals surface area contributed by atoms with Crippen LogP contribution in [-0.2, 0) is 12.0 Å². The van der Waals surface area contributed by atoms with Gasteiger partial charge in [-0.15, -0.1) is 0 Å². The number of carbonyl (C=O) groups is 2. The molecule has 182 valence electrons. The molecule has 0 aliphatic carbocycles. The second-order valence-corrected chi connectivity index (χ2v) is 10.1. The van der Waals surface area contributed by atoms with Crippen molar-refractivity contribution in [1.29, 1.82) is 0 Å². The second kappa shape index (κ2) is 8.83. The van der Waals surface area contributed by atoms with Crippen LogP contribution in [0.3, 0.4) is 0 Å². The summed E-state index contributed by atoms with van der Waals surface area (Å²) >= 11 is 0. The fourth-order valence-electron chi connectivity index (χ4n) is 4.54. The predicted octanol–water partition coefficient (Wildman–Crippen LogP) is 7.10. The summed E-state index contributed by atoms with van der Waals surface area (Å²) in [5, 5.41) is 1.06. The number of hydrogen-bond donors (Lipinski definition) is 0. The van der Waals surface area contributed by atoms with Crippen molar-refractivity contribution < 1.29 is 19.1 Å². The van der Waals surface area contributed by atoms with Crippen LogP contribution in [0, 0.1) is 6.92 Å². The molecule has 36 heavy (non-hydrogen) atoms. The number of fused-ring (bicyclic) bond motifs is 2. The van der Waals surface area contributed by atoms with Crippen LogP contribution in [0.15, 0.2) is 72.6 Å². The summed E-state index contributed by atoms with van der Waals surface area (Å²) in [5.74, 6) is 0.422. The van der Waals surface area contributed by atoms with Crippen LogP contribution in [0.2, 0.25) is 0 Å². The van der Waals surface area contributed by atoms with Gasteiger partial charge >= 0.3 is 5.97 Å². The van der Waals surface area contributed by atoms with E-state index in [4.69, 9.17) is 9.47 Å². The molecule has 4 aromatic rings. The zero-order valence-electron chi connectivity index (χ0n) is 21.2. The first-order chi connectivity index (χ1) is 17.2. The van der Waals surface area contributed by atoms with E-state index < -0.39 is 5.97 Å². The van der Waals surface area contributed by atoms with Crippen molar-refractivity contribution >= 4 is 28.7 Å². The second-order valence-electron chi connectivity index (χ2n) is 10.1. The lowest BCUT2D eigenvalue weighted by molar-refractivity contribution is 0.0733. The number of rotatable bonds is 4. The monoisotopic (exact) mass is 479 g/mol. The molecule has 0 atom stereocenters. The maximum Gasteiger partial charge on any atom is 0.343 e. The molecule has 0 amide bonds. The van der Waals surface area contributed by atoms with Crippen molar-refractivity contribution in [2.75, 3.05) is 0 Å². The summed E-state index contributed by atoms with van der Waals surface area (Å²) in [6, 6.07) is 18.8. The van der Waals surface area contributed by atoms with Crippen molar-refractivity contribution in [3.63, 3.8) is 0 Å². The van der Waals surface area contributed by atoms with E-state index in [1.807, 2.05) is 36.5 Å². The van der Waals surface area contributed by atoms with Gasteiger partial charge in [-0.25, -0.2) is 4.79 Å². The molecule has 0 saturated heterocycles. The molecule has 1 aliphatic heterocycles. The molecule has 1 aromatic heterocycles. The average molecular weight is 480 g/mol. The Kier molecular flexibility index (Phi) is 5.79. The van der Waals surface area contributed by atoms with Crippen LogP contribution in [0.5, 0.6) is 11.5 Å². The summed E-state index contributed by atoms with van der Waals surface area (Å²) in [6.07, 6.45) is 3.82. The number of aromatic nitrogens is 1. The van der Waals surface area contributed by atoms with Gasteiger partial charge in [0.25, 0.3) is 0 Å². The number of allylic oxidation sites excluding steroid dienone is 1. The summed E-state index contributed by atoms with van der Waals surface area (Å²) in [7, 11) is 0. The Bertz CT molecular complexity index is 1530. The predicted molar refractivity (Wildman–Crippen MR) is 142 cm³/mol. The number of benzene rings is 3. The lowest BCUT2D eigenvalue weighted by atomic mass is 9.87. The Balaban J connectivity index is 1.41. The van der Waals surface area contributed by atoms with Gasteiger partial charge in [0.1, 0.15) is 11.5 Å². The minimum Gasteiger partial charge on any atom is -0.452 e. The molecule has 2 heterocycles. The molecule has 0 N–H and O–H groups in total. The third kappa shape index (κ3) is 4.11. The van der Waals surface area contributed by atoms with Gasteiger partial charge in [-0.3, -0.25) is 4.79 Å². The molecule has 0 unspecified atom stereocenters. The first-order valence-electron chi connectivity index (χ1n) is 12.2. The van der Waals surface area contributed by atoms with Crippen LogP contribution in [0.25, 0.3) is 17.0 Å². The zero-order chi connectivity index (χ0) is 25.6. The lowest BCUT2D eigenvalue weighted by Gasteiger charge is -2.19. The van der Waals surface area contributed by atoms with Gasteiger partial charge < -0.3 is 14.0 Å². The van der Waals surface area contributed by atoms with Crippen LogP contribution >= 0.6 is 0 Å². The van der Waals surface area contributed by atoms with E-state index in [0.29, 0.717) is 28.2 Å². The molecular formula is C31H29NO4. The molecule has 5 nitrogen and oxygen atoms in total. The highest BCUT2D eigenvalue weighted by Gasteiger charge is 2.31. The molecule has 5 heteroatoms. The van der Waals surface area contributed by atoms with Crippen molar-refractivity contribution in [3.8, 4) is 11.5 Å². The number of ether oxygens (including phenoxy) is 2. The van der Waals surface area contributed by atoms with Crippen molar-refractivity contribution in [1.82, 2.24) is 4.57 Å². The first kappa shape index (κ1) is 23.6. The highest BCUT2D eigenvalue weighted by Crippen LogP contribution is 2.40. The number of nitrogens with zero attached hydrogens (tertiary/aromatic N) is 1. The van der Waals surface area contributed by atoms with Gasteiger partial charge in [0.2, 0.25) is 5.78 Å². The normalized spacial score (nSPS) is 14.2. The third-order valence-corrected chi connectivity index (χ3v) is 6.67. The van der Waals surface area contributed by atoms with Crippen molar-refractivity contribution in [2.24, 2.45) is 0 Å². The Morgan fingerprint density at radius 3 is 2.44 bits per heavy atom. The topological polar surface area (TPSA) is 57.5 Å². The van der Waals surface area contributed by atoms with Crippen molar-refractivity contribution in [3.05, 3.63) is 100 Å². The minimum atomic E-state index is -0.453. The highest BCUT2D eigenvalue weighted by molar-refractivity contribution is 6.15. The molecule has 0 bridgehead atoms. The summed E-state index contributed by atoms with van der Waals surface area (Å²) in [4.78, 5) is 25.9. The molecule has 0 saturated carbocycles. The Morgan fingerprint density at radius 1 is 1.03 bits per heavy atom. The van der Waals surface area contributed by atoms with Crippen LogP contribution in [0.1, 0.15) is 65.1 Å². The molecule has 1 aliphatic rings. The average Bonchev–Trinajstić information content (AvgIpc) is 3.38. The van der Waals surface area contributed by atoms with E-state index >= 15 is 0 Å². The van der Waals surface area contributed by atoms with Crippen LogP contribution < -0.4 is 9.47 Å². The lowest BCUT2D eigenvalue weighted by Crippen LogP contribution is -2.13. The quantitative estimate of drug-likeness (QED) is 0.178. The number of hydrogen-bond acceptors (Lipinski definition) is 4. The van der Waals surface area contributed by atoms with E-state index in [1.165, 1.54) is 0 Å². The van der Waals surface area contributed by atoms with Gasteiger partial charge in [0.15, 0.2) is 5.76 Å². The van der Waals surface area contributed by atoms with Crippen molar-refractivity contribution in [2.45, 2.75) is 46.6 Å². The van der Waals surface area contributed by atoms with Crippen LogP contribution in [-0.4, -0.2) is 16.3 Å². The maximum absolute atomic E-state index is 13.1. The molecular weight excluding hydrogens is 450 g/mol.